The summed E-state index contributed by atoms with van der Waals surface area (Å²) < 4.78 is 25.2. The molecule has 0 spiro atoms. The molecule has 4 aromatic rings. The molecule has 174 valence electrons. The number of hydrogen-bond acceptors (Lipinski definition) is 7. The van der Waals surface area contributed by atoms with E-state index in [9.17, 15) is 18.8 Å². The van der Waals surface area contributed by atoms with E-state index in [1.807, 2.05) is 6.92 Å². The van der Waals surface area contributed by atoms with Gasteiger partial charge in [-0.25, -0.2) is 9.18 Å². The highest BCUT2D eigenvalue weighted by Crippen LogP contribution is 2.31. The lowest BCUT2D eigenvalue weighted by molar-refractivity contribution is 0.0520. The average Bonchev–Trinajstić information content (AvgIpc) is 3.24. The van der Waals surface area contributed by atoms with Gasteiger partial charge in [0.1, 0.15) is 16.6 Å². The molecule has 2 aromatic heterocycles. The summed E-state index contributed by atoms with van der Waals surface area (Å²) in [5.74, 6) is -1.24. The largest absolute Gasteiger partial charge is 0.494 e. The Balaban J connectivity index is 1.85. The number of amides is 1. The highest BCUT2D eigenvalue weighted by molar-refractivity contribution is 7.16. The third kappa shape index (κ3) is 4.53. The van der Waals surface area contributed by atoms with Crippen molar-refractivity contribution in [1.29, 1.82) is 0 Å². The van der Waals surface area contributed by atoms with Gasteiger partial charge in [0, 0.05) is 16.3 Å². The van der Waals surface area contributed by atoms with Crippen molar-refractivity contribution in [2.75, 3.05) is 18.5 Å². The van der Waals surface area contributed by atoms with Crippen molar-refractivity contribution in [2.24, 2.45) is 0 Å². The zero-order valence-electron chi connectivity index (χ0n) is 18.3. The first-order chi connectivity index (χ1) is 16.4. The van der Waals surface area contributed by atoms with Crippen LogP contribution in [0.2, 0.25) is 0 Å². The topological polar surface area (TPSA) is 99.5 Å². The molecule has 0 saturated carbocycles. The number of esters is 1. The van der Waals surface area contributed by atoms with Crippen LogP contribution in [0.3, 0.4) is 0 Å². The number of nitrogens with one attached hydrogen (secondary N) is 1. The molecule has 2 heterocycles. The third-order valence-electron chi connectivity index (χ3n) is 4.83. The normalized spacial score (nSPS) is 10.8. The lowest BCUT2D eigenvalue weighted by Gasteiger charge is -2.11. The monoisotopic (exact) mass is 481 g/mol. The number of halogens is 1. The molecule has 0 atom stereocenters. The van der Waals surface area contributed by atoms with Crippen molar-refractivity contribution in [2.45, 2.75) is 13.8 Å². The van der Waals surface area contributed by atoms with Crippen LogP contribution in [0.1, 0.15) is 34.7 Å². The molecule has 0 radical (unpaired) electrons. The number of rotatable bonds is 7. The van der Waals surface area contributed by atoms with Gasteiger partial charge in [0.2, 0.25) is 0 Å². The van der Waals surface area contributed by atoms with E-state index in [0.29, 0.717) is 18.0 Å². The van der Waals surface area contributed by atoms with E-state index in [2.05, 4.69) is 10.4 Å². The Morgan fingerprint density at radius 3 is 2.56 bits per heavy atom. The van der Waals surface area contributed by atoms with Crippen LogP contribution >= 0.6 is 11.3 Å². The maximum absolute atomic E-state index is 13.6. The van der Waals surface area contributed by atoms with Gasteiger partial charge in [-0.1, -0.05) is 6.07 Å². The summed E-state index contributed by atoms with van der Waals surface area (Å²) in [5, 5.41) is 9.03. The molecule has 0 fully saturated rings. The minimum atomic E-state index is -0.701. The van der Waals surface area contributed by atoms with Gasteiger partial charge in [0.05, 0.1) is 24.3 Å². The number of ether oxygens (including phenoxy) is 2. The lowest BCUT2D eigenvalue weighted by Crippen LogP contribution is -2.25. The average molecular weight is 482 g/mol. The Bertz CT molecular complexity index is 1430. The third-order valence-corrected chi connectivity index (χ3v) is 5.72. The van der Waals surface area contributed by atoms with Crippen LogP contribution in [-0.4, -0.2) is 34.9 Å². The highest BCUT2D eigenvalue weighted by atomic mass is 32.1. The first kappa shape index (κ1) is 23.1. The Morgan fingerprint density at radius 1 is 1.12 bits per heavy atom. The van der Waals surface area contributed by atoms with Gasteiger partial charge >= 0.3 is 5.97 Å². The smallest absolute Gasteiger partial charge is 0.359 e. The Kier molecular flexibility index (Phi) is 6.69. The summed E-state index contributed by atoms with van der Waals surface area (Å²) in [6, 6.07) is 11.8. The number of hydrogen-bond donors (Lipinski definition) is 1. The van der Waals surface area contributed by atoms with Crippen LogP contribution in [-0.2, 0) is 4.74 Å². The standard InChI is InChI=1S/C24H20FN3O5S/c1-3-32-17-10-8-16(9-11-17)28-23(30)19-18(20(27-28)24(31)33-4-2)13-34-22(19)26-21(29)14-6-5-7-15(25)12-14/h5-13H,3-4H2,1-2H3,(H,26,29). The molecule has 34 heavy (non-hydrogen) atoms. The minimum Gasteiger partial charge on any atom is -0.494 e. The molecule has 0 bridgehead atoms. The summed E-state index contributed by atoms with van der Waals surface area (Å²) in [4.78, 5) is 38.8. The second-order valence-electron chi connectivity index (χ2n) is 7.03. The van der Waals surface area contributed by atoms with Crippen LogP contribution in [0.25, 0.3) is 16.5 Å². The van der Waals surface area contributed by atoms with Gasteiger partial charge in [0.25, 0.3) is 11.5 Å². The van der Waals surface area contributed by atoms with Gasteiger partial charge in [-0.2, -0.15) is 9.78 Å². The van der Waals surface area contributed by atoms with Crippen LogP contribution in [0.15, 0.2) is 58.7 Å². The first-order valence-corrected chi connectivity index (χ1v) is 11.3. The van der Waals surface area contributed by atoms with Crippen molar-refractivity contribution in [1.82, 2.24) is 9.78 Å². The van der Waals surface area contributed by atoms with E-state index in [-0.39, 0.29) is 33.6 Å². The zero-order valence-corrected chi connectivity index (χ0v) is 19.1. The fraction of sp³-hybridized carbons (Fsp3) is 0.167. The van der Waals surface area contributed by atoms with Crippen molar-refractivity contribution in [3.8, 4) is 11.4 Å². The van der Waals surface area contributed by atoms with E-state index in [1.54, 1.807) is 36.6 Å². The van der Waals surface area contributed by atoms with Crippen LogP contribution in [0, 0.1) is 5.82 Å². The van der Waals surface area contributed by atoms with Crippen LogP contribution < -0.4 is 15.6 Å². The molecule has 0 aliphatic carbocycles. The van der Waals surface area contributed by atoms with Crippen molar-refractivity contribution < 1.29 is 23.5 Å². The van der Waals surface area contributed by atoms with Crippen LogP contribution in [0.5, 0.6) is 5.75 Å². The molecule has 2 aromatic carbocycles. The fourth-order valence-corrected chi connectivity index (χ4v) is 4.25. The molecular formula is C24H20FN3O5S. The van der Waals surface area contributed by atoms with Crippen LogP contribution in [0.4, 0.5) is 9.39 Å². The van der Waals surface area contributed by atoms with Gasteiger partial charge in [0.15, 0.2) is 5.69 Å². The molecule has 1 N–H and O–H groups in total. The van der Waals surface area contributed by atoms with Crippen molar-refractivity contribution in [3.05, 3.63) is 81.3 Å². The number of thiophene rings is 1. The molecule has 0 aliphatic heterocycles. The van der Waals surface area contributed by atoms with E-state index in [4.69, 9.17) is 9.47 Å². The molecule has 8 nitrogen and oxygen atoms in total. The molecule has 10 heteroatoms. The van der Waals surface area contributed by atoms with Crippen molar-refractivity contribution in [3.63, 3.8) is 0 Å². The first-order valence-electron chi connectivity index (χ1n) is 10.4. The zero-order chi connectivity index (χ0) is 24.2. The van der Waals surface area contributed by atoms with Gasteiger partial charge in [-0.3, -0.25) is 9.59 Å². The molecule has 0 unspecified atom stereocenters. The van der Waals surface area contributed by atoms with Gasteiger partial charge < -0.3 is 14.8 Å². The Labute approximate surface area is 197 Å². The molecule has 4 rings (SSSR count). The SMILES string of the molecule is CCOC(=O)c1nn(-c2ccc(OCC)cc2)c(=O)c2c(NC(=O)c3cccc(F)c3)scc12. The quantitative estimate of drug-likeness (QED) is 0.393. The summed E-state index contributed by atoms with van der Waals surface area (Å²) in [5.41, 5.74) is -0.113. The number of carbonyl (C=O) groups excluding carboxylic acids is 2. The predicted molar refractivity (Wildman–Crippen MR) is 127 cm³/mol. The Hall–Kier alpha value is -4.05. The van der Waals surface area contributed by atoms with E-state index >= 15 is 0 Å². The number of carbonyl (C=O) groups is 2. The lowest BCUT2D eigenvalue weighted by atomic mass is 10.2. The number of benzene rings is 2. The van der Waals surface area contributed by atoms with Gasteiger partial charge in [-0.05, 0) is 56.3 Å². The second-order valence-corrected chi connectivity index (χ2v) is 7.91. The number of fused-ring (bicyclic) bond motifs is 1. The summed E-state index contributed by atoms with van der Waals surface area (Å²) in [6.45, 7) is 4.13. The summed E-state index contributed by atoms with van der Waals surface area (Å²) in [6.07, 6.45) is 0. The second kappa shape index (κ2) is 9.84. The number of nitrogens with zero attached hydrogens (tertiary/aromatic N) is 2. The Morgan fingerprint density at radius 2 is 1.88 bits per heavy atom. The number of aromatic nitrogens is 2. The van der Waals surface area contributed by atoms with E-state index < -0.39 is 23.3 Å². The number of anilines is 1. The van der Waals surface area contributed by atoms with E-state index in [1.165, 1.54) is 18.2 Å². The molecule has 0 aliphatic rings. The predicted octanol–water partition coefficient (Wildman–Crippen LogP) is 4.41. The molecular weight excluding hydrogens is 461 g/mol. The van der Waals surface area contributed by atoms with E-state index in [0.717, 1.165) is 22.1 Å². The fourth-order valence-electron chi connectivity index (χ4n) is 3.32. The minimum absolute atomic E-state index is 0.0622. The summed E-state index contributed by atoms with van der Waals surface area (Å²) >= 11 is 1.06. The summed E-state index contributed by atoms with van der Waals surface area (Å²) in [7, 11) is 0. The molecule has 0 saturated heterocycles. The van der Waals surface area contributed by atoms with Crippen molar-refractivity contribution >= 4 is 39.0 Å². The maximum atomic E-state index is 13.6. The molecule has 1 amide bonds. The maximum Gasteiger partial charge on any atom is 0.359 e. The highest BCUT2D eigenvalue weighted by Gasteiger charge is 2.23. The van der Waals surface area contributed by atoms with Gasteiger partial charge in [-0.15, -0.1) is 11.3 Å².